The predicted octanol–water partition coefficient (Wildman–Crippen LogP) is 2.83. The number of aromatic nitrogens is 1. The van der Waals surface area contributed by atoms with Crippen LogP contribution in [0.5, 0.6) is 0 Å². The molecule has 1 aromatic heterocycles. The summed E-state index contributed by atoms with van der Waals surface area (Å²) in [5, 5.41) is 0. The van der Waals surface area contributed by atoms with Crippen molar-refractivity contribution in [2.75, 3.05) is 0 Å². The van der Waals surface area contributed by atoms with E-state index in [4.69, 9.17) is 0 Å². The zero-order chi connectivity index (χ0) is 7.61. The minimum absolute atomic E-state index is 0. The summed E-state index contributed by atoms with van der Waals surface area (Å²) in [5.41, 5.74) is 1.59. The molecule has 1 radical (unpaired) electrons. The molecule has 65 valence electrons. The van der Waals surface area contributed by atoms with Crippen LogP contribution in [0.4, 0.5) is 0 Å². The molecule has 0 saturated heterocycles. The smallest absolute Gasteiger partial charge is 0.0270 e. The molecular weight excluding hydrogens is 223 g/mol. The fraction of sp³-hybridized carbons (Fsp3) is 0.400. The fourth-order valence-corrected chi connectivity index (χ4v) is 0.852. The van der Waals surface area contributed by atoms with Crippen molar-refractivity contribution < 1.29 is 32.7 Å². The van der Waals surface area contributed by atoms with Crippen LogP contribution in [0.1, 0.15) is 26.3 Å². The van der Waals surface area contributed by atoms with Gasteiger partial charge in [0.25, 0.3) is 0 Å². The van der Waals surface area contributed by atoms with Gasteiger partial charge in [-0.2, -0.15) is 0 Å². The minimum atomic E-state index is 0. The molecule has 0 aromatic carbocycles. The monoisotopic (exact) mass is 239 g/mol. The van der Waals surface area contributed by atoms with E-state index in [-0.39, 0.29) is 45.6 Å². The van der Waals surface area contributed by atoms with E-state index in [2.05, 4.69) is 37.9 Å². The normalized spacial score (nSPS) is 9.58. The Bertz CT molecular complexity index is 201. The number of rotatable bonds is 0. The molecule has 0 aliphatic carbocycles. The first-order valence-corrected chi connectivity index (χ1v) is 3.51. The molecule has 1 aromatic rings. The van der Waals surface area contributed by atoms with Crippen LogP contribution in [0.25, 0.3) is 0 Å². The van der Waals surface area contributed by atoms with Crippen LogP contribution in [0.15, 0.2) is 24.5 Å². The van der Waals surface area contributed by atoms with E-state index < -0.39 is 0 Å². The van der Waals surface area contributed by atoms with Crippen LogP contribution in [0.2, 0.25) is 0 Å². The molecule has 0 unspecified atom stereocenters. The van der Waals surface area contributed by atoms with Crippen molar-refractivity contribution in [3.63, 3.8) is 0 Å². The summed E-state index contributed by atoms with van der Waals surface area (Å²) >= 11 is 0. The van der Waals surface area contributed by atoms with Gasteiger partial charge in [0.1, 0.15) is 0 Å². The third-order valence-electron chi connectivity index (χ3n) is 1.55. The molecule has 1 nitrogen and oxygen atoms in total. The molecule has 0 aliphatic rings. The van der Waals surface area contributed by atoms with Gasteiger partial charge >= 0.3 is 0 Å². The van der Waals surface area contributed by atoms with E-state index in [1.165, 1.54) is 5.56 Å². The van der Waals surface area contributed by atoms with Gasteiger partial charge in [-0.1, -0.05) is 20.8 Å². The SMILES string of the molecule is CC(C)(C)c1ccncc1.[CH3-].[Y]. The van der Waals surface area contributed by atoms with Crippen LogP contribution in [0.3, 0.4) is 0 Å². The van der Waals surface area contributed by atoms with E-state index in [0.717, 1.165) is 0 Å². The van der Waals surface area contributed by atoms with Gasteiger partial charge in [-0.3, -0.25) is 4.98 Å². The van der Waals surface area contributed by atoms with Crippen molar-refractivity contribution in [2.24, 2.45) is 0 Å². The van der Waals surface area contributed by atoms with E-state index in [1.54, 1.807) is 0 Å². The summed E-state index contributed by atoms with van der Waals surface area (Å²) in [6.07, 6.45) is 3.67. The number of hydrogen-bond acceptors (Lipinski definition) is 1. The molecular formula is C10H16NY-. The molecule has 0 fully saturated rings. The molecule has 1 rings (SSSR count). The summed E-state index contributed by atoms with van der Waals surface area (Å²) < 4.78 is 0. The number of hydrogen-bond donors (Lipinski definition) is 0. The van der Waals surface area contributed by atoms with Gasteiger partial charge in [-0.05, 0) is 23.1 Å². The van der Waals surface area contributed by atoms with Crippen molar-refractivity contribution in [1.29, 1.82) is 0 Å². The van der Waals surface area contributed by atoms with E-state index in [9.17, 15) is 0 Å². The predicted molar refractivity (Wildman–Crippen MR) is 49.4 cm³/mol. The van der Waals surface area contributed by atoms with Gasteiger partial charge < -0.3 is 7.43 Å². The van der Waals surface area contributed by atoms with Crippen molar-refractivity contribution in [3.05, 3.63) is 37.5 Å². The Morgan fingerprint density at radius 1 is 1.08 bits per heavy atom. The van der Waals surface area contributed by atoms with Crippen molar-refractivity contribution in [2.45, 2.75) is 26.2 Å². The summed E-state index contributed by atoms with van der Waals surface area (Å²) in [7, 11) is 0. The zero-order valence-corrected chi connectivity index (χ0v) is 11.2. The summed E-state index contributed by atoms with van der Waals surface area (Å²) in [4.78, 5) is 3.96. The van der Waals surface area contributed by atoms with Gasteiger partial charge in [-0.15, -0.1) is 0 Å². The van der Waals surface area contributed by atoms with E-state index >= 15 is 0 Å². The first-order valence-electron chi connectivity index (χ1n) is 3.51. The topological polar surface area (TPSA) is 12.9 Å². The molecule has 1 heterocycles. The summed E-state index contributed by atoms with van der Waals surface area (Å²) in [6, 6.07) is 4.11. The van der Waals surface area contributed by atoms with Crippen molar-refractivity contribution >= 4 is 0 Å². The van der Waals surface area contributed by atoms with Crippen LogP contribution in [-0.4, -0.2) is 4.98 Å². The van der Waals surface area contributed by atoms with Crippen LogP contribution < -0.4 is 0 Å². The van der Waals surface area contributed by atoms with Gasteiger partial charge in [0.15, 0.2) is 0 Å². The van der Waals surface area contributed by atoms with Crippen LogP contribution >= 0.6 is 0 Å². The Balaban J connectivity index is 0. The molecule has 0 saturated carbocycles. The maximum atomic E-state index is 3.96. The van der Waals surface area contributed by atoms with E-state index in [1.807, 2.05) is 12.4 Å². The molecule has 0 spiro atoms. The first kappa shape index (κ1) is 14.8. The average molecular weight is 239 g/mol. The number of nitrogens with zero attached hydrogens (tertiary/aromatic N) is 1. The van der Waals surface area contributed by atoms with Crippen LogP contribution in [0, 0.1) is 7.43 Å². The summed E-state index contributed by atoms with van der Waals surface area (Å²) in [5.74, 6) is 0. The Labute approximate surface area is 101 Å². The quantitative estimate of drug-likeness (QED) is 0.634. The zero-order valence-electron chi connectivity index (χ0n) is 8.33. The molecule has 0 bridgehead atoms. The van der Waals surface area contributed by atoms with Crippen molar-refractivity contribution in [1.82, 2.24) is 4.98 Å². The van der Waals surface area contributed by atoms with E-state index in [0.29, 0.717) is 0 Å². The Kier molecular flexibility index (Phi) is 7.16. The fourth-order valence-electron chi connectivity index (χ4n) is 0.852. The second-order valence-corrected chi connectivity index (χ2v) is 3.49. The molecule has 12 heavy (non-hydrogen) atoms. The largest absolute Gasteiger partial charge is 0.358 e. The third-order valence-corrected chi connectivity index (χ3v) is 1.55. The van der Waals surface area contributed by atoms with Gasteiger partial charge in [0, 0.05) is 45.1 Å². The Morgan fingerprint density at radius 2 is 1.50 bits per heavy atom. The molecule has 2 heteroatoms. The standard InChI is InChI=1S/C9H13N.CH3.Y/c1-9(2,3)8-4-6-10-7-5-8;;/h4-7H,1-3H3;1H3;/q;-1;. The first-order chi connectivity index (χ1) is 4.61. The Morgan fingerprint density at radius 3 is 1.75 bits per heavy atom. The van der Waals surface area contributed by atoms with Crippen molar-refractivity contribution in [3.8, 4) is 0 Å². The molecule has 0 atom stereocenters. The third kappa shape index (κ3) is 4.32. The van der Waals surface area contributed by atoms with Crippen LogP contribution in [-0.2, 0) is 38.1 Å². The molecule has 0 aliphatic heterocycles. The maximum absolute atomic E-state index is 3.96. The maximum Gasteiger partial charge on any atom is 0.0270 e. The summed E-state index contributed by atoms with van der Waals surface area (Å²) in [6.45, 7) is 6.59. The van der Waals surface area contributed by atoms with Gasteiger partial charge in [0.05, 0.1) is 0 Å². The second-order valence-electron chi connectivity index (χ2n) is 3.49. The van der Waals surface area contributed by atoms with Gasteiger partial charge in [-0.25, -0.2) is 0 Å². The molecule has 0 N–H and O–H groups in total. The minimum Gasteiger partial charge on any atom is -0.358 e. The molecule has 0 amide bonds. The second kappa shape index (κ2) is 5.82. The average Bonchev–Trinajstić information content (AvgIpc) is 1.88. The van der Waals surface area contributed by atoms with Gasteiger partial charge in [0.2, 0.25) is 0 Å². The Hall–Kier alpha value is 0.254. The number of pyridine rings is 1.